The van der Waals surface area contributed by atoms with Gasteiger partial charge in [0.15, 0.2) is 0 Å². The maximum Gasteiger partial charge on any atom is 0.256 e. The lowest BCUT2D eigenvalue weighted by Gasteiger charge is -2.39. The summed E-state index contributed by atoms with van der Waals surface area (Å²) in [4.78, 5) is 23.4. The Morgan fingerprint density at radius 3 is 2.96 bits per heavy atom. The second-order valence-corrected chi connectivity index (χ2v) is 5.88. The Bertz CT molecular complexity index is 959. The molecule has 1 saturated heterocycles. The zero-order valence-electron chi connectivity index (χ0n) is 12.7. The Kier molecular flexibility index (Phi) is 2.66. The predicted molar refractivity (Wildman–Crippen MR) is 83.1 cm³/mol. The van der Waals surface area contributed by atoms with E-state index in [0.29, 0.717) is 23.0 Å². The molecule has 2 aliphatic heterocycles. The Balaban J connectivity index is 1.75. The van der Waals surface area contributed by atoms with Crippen LogP contribution in [0, 0.1) is 0 Å². The molecule has 4 heterocycles. The van der Waals surface area contributed by atoms with E-state index in [-0.39, 0.29) is 18.5 Å². The highest BCUT2D eigenvalue weighted by atomic mass is 16.5. The fourth-order valence-electron chi connectivity index (χ4n) is 3.41. The van der Waals surface area contributed by atoms with Crippen LogP contribution in [-0.2, 0) is 6.54 Å². The van der Waals surface area contributed by atoms with Crippen LogP contribution in [0.2, 0.25) is 0 Å². The van der Waals surface area contributed by atoms with Crippen molar-refractivity contribution in [1.82, 2.24) is 24.6 Å². The van der Waals surface area contributed by atoms with Gasteiger partial charge in [-0.2, -0.15) is 4.98 Å². The summed E-state index contributed by atoms with van der Waals surface area (Å²) in [5.74, 6) is 0.817. The van der Waals surface area contributed by atoms with Gasteiger partial charge < -0.3 is 15.2 Å². The Labute approximate surface area is 136 Å². The van der Waals surface area contributed by atoms with Crippen molar-refractivity contribution in [3.63, 3.8) is 0 Å². The summed E-state index contributed by atoms with van der Waals surface area (Å²) in [6.45, 7) is 0.919. The van der Waals surface area contributed by atoms with Crippen LogP contribution in [0.1, 0.15) is 34.4 Å². The number of imidazole rings is 1. The van der Waals surface area contributed by atoms with E-state index in [0.717, 1.165) is 24.3 Å². The van der Waals surface area contributed by atoms with E-state index in [1.807, 2.05) is 33.7 Å². The zero-order valence-corrected chi connectivity index (χ0v) is 12.7. The number of rotatable bonds is 2. The summed E-state index contributed by atoms with van der Waals surface area (Å²) in [5, 5.41) is 3.98. The highest BCUT2D eigenvalue weighted by Gasteiger charge is 2.42. The minimum atomic E-state index is -0.0257. The van der Waals surface area contributed by atoms with Crippen LogP contribution in [0.15, 0.2) is 35.1 Å². The van der Waals surface area contributed by atoms with E-state index in [2.05, 4.69) is 15.1 Å². The van der Waals surface area contributed by atoms with E-state index in [1.165, 1.54) is 0 Å². The van der Waals surface area contributed by atoms with Crippen LogP contribution >= 0.6 is 0 Å². The molecule has 3 aromatic rings. The number of fused-ring (bicyclic) bond motifs is 5. The van der Waals surface area contributed by atoms with Crippen molar-refractivity contribution in [3.8, 4) is 17.2 Å². The van der Waals surface area contributed by atoms with Crippen LogP contribution in [0.25, 0.3) is 17.2 Å². The third kappa shape index (κ3) is 1.65. The molecule has 1 aromatic carbocycles. The standard InChI is InChI=1S/C16H14N6O2/c17-7-12-19-15(20-24-12)13-14-11-5-6-21(11)16(23)9-3-1-2-4-10(9)22(14)8-18-13/h1-4,8,11H,5-7,17H2/t11-/m0/s1. The van der Waals surface area contributed by atoms with Crippen LogP contribution in [0.4, 0.5) is 0 Å². The third-order valence-corrected chi connectivity index (χ3v) is 4.65. The second kappa shape index (κ2) is 4.75. The smallest absolute Gasteiger partial charge is 0.256 e. The molecule has 0 bridgehead atoms. The summed E-state index contributed by atoms with van der Waals surface area (Å²) >= 11 is 0. The van der Waals surface area contributed by atoms with Gasteiger partial charge in [-0.25, -0.2) is 4.98 Å². The molecule has 0 radical (unpaired) electrons. The van der Waals surface area contributed by atoms with Gasteiger partial charge in [-0.3, -0.25) is 9.36 Å². The predicted octanol–water partition coefficient (Wildman–Crippen LogP) is 1.28. The van der Waals surface area contributed by atoms with Crippen LogP contribution < -0.4 is 5.73 Å². The van der Waals surface area contributed by atoms with Crippen LogP contribution in [0.5, 0.6) is 0 Å². The topological polar surface area (TPSA) is 103 Å². The molecule has 5 rings (SSSR count). The summed E-state index contributed by atoms with van der Waals surface area (Å²) in [5.41, 5.74) is 8.61. The van der Waals surface area contributed by atoms with Crippen molar-refractivity contribution in [3.05, 3.63) is 47.7 Å². The van der Waals surface area contributed by atoms with E-state index in [4.69, 9.17) is 10.3 Å². The molecular formula is C16H14N6O2. The van der Waals surface area contributed by atoms with Gasteiger partial charge >= 0.3 is 0 Å². The van der Waals surface area contributed by atoms with Gasteiger partial charge in [0.05, 0.1) is 29.5 Å². The number of para-hydroxylation sites is 1. The van der Waals surface area contributed by atoms with E-state index < -0.39 is 0 Å². The molecule has 120 valence electrons. The SMILES string of the molecule is NCc1nc(-c2ncn3c2[C@@H]2CCN2C(=O)c2ccccc2-3)no1. The lowest BCUT2D eigenvalue weighted by Crippen LogP contribution is -2.44. The lowest BCUT2D eigenvalue weighted by molar-refractivity contribution is 0.0461. The van der Waals surface area contributed by atoms with Crippen molar-refractivity contribution in [2.45, 2.75) is 19.0 Å². The molecule has 2 N–H and O–H groups in total. The molecular weight excluding hydrogens is 308 g/mol. The molecule has 0 saturated carbocycles. The molecule has 8 heteroatoms. The first kappa shape index (κ1) is 13.4. The molecule has 1 amide bonds. The van der Waals surface area contributed by atoms with Gasteiger partial charge in [0.25, 0.3) is 5.91 Å². The molecule has 0 aliphatic carbocycles. The number of nitrogens with zero attached hydrogens (tertiary/aromatic N) is 5. The lowest BCUT2D eigenvalue weighted by atomic mass is 9.97. The van der Waals surface area contributed by atoms with Crippen molar-refractivity contribution >= 4 is 5.91 Å². The highest BCUT2D eigenvalue weighted by molar-refractivity contribution is 5.99. The molecule has 0 spiro atoms. The number of amides is 1. The number of benzene rings is 1. The van der Waals surface area contributed by atoms with E-state index >= 15 is 0 Å². The van der Waals surface area contributed by atoms with Gasteiger partial charge in [0.1, 0.15) is 12.0 Å². The molecule has 24 heavy (non-hydrogen) atoms. The van der Waals surface area contributed by atoms with E-state index in [1.54, 1.807) is 6.33 Å². The van der Waals surface area contributed by atoms with E-state index in [9.17, 15) is 4.79 Å². The first-order valence-electron chi connectivity index (χ1n) is 7.78. The maximum absolute atomic E-state index is 12.8. The van der Waals surface area contributed by atoms with Gasteiger partial charge in [0.2, 0.25) is 11.7 Å². The number of carbonyl (C=O) groups is 1. The van der Waals surface area contributed by atoms with Gasteiger partial charge in [-0.1, -0.05) is 17.3 Å². The minimum Gasteiger partial charge on any atom is -0.338 e. The Morgan fingerprint density at radius 2 is 2.21 bits per heavy atom. The van der Waals surface area contributed by atoms with Crippen molar-refractivity contribution in [2.75, 3.05) is 6.54 Å². The normalized spacial score (nSPS) is 18.5. The number of carbonyl (C=O) groups excluding carboxylic acids is 1. The summed E-state index contributed by atoms with van der Waals surface area (Å²) < 4.78 is 7.08. The molecule has 2 aromatic heterocycles. The Hall–Kier alpha value is -3.00. The number of hydrogen-bond acceptors (Lipinski definition) is 6. The van der Waals surface area contributed by atoms with Crippen LogP contribution in [0.3, 0.4) is 0 Å². The second-order valence-electron chi connectivity index (χ2n) is 5.88. The number of hydrogen-bond donors (Lipinski definition) is 1. The van der Waals surface area contributed by atoms with Crippen molar-refractivity contribution in [2.24, 2.45) is 5.73 Å². The Morgan fingerprint density at radius 1 is 1.33 bits per heavy atom. The molecule has 1 atom stereocenters. The summed E-state index contributed by atoms with van der Waals surface area (Å²) in [7, 11) is 0. The number of nitrogens with two attached hydrogens (primary N) is 1. The zero-order chi connectivity index (χ0) is 16.3. The van der Waals surface area contributed by atoms with Gasteiger partial charge in [-0.15, -0.1) is 0 Å². The first-order valence-corrected chi connectivity index (χ1v) is 7.78. The van der Waals surface area contributed by atoms with Gasteiger partial charge in [0, 0.05) is 6.54 Å². The molecule has 2 aliphatic rings. The fraction of sp³-hybridized carbons (Fsp3) is 0.250. The first-order chi connectivity index (χ1) is 11.8. The average molecular weight is 322 g/mol. The number of aromatic nitrogens is 4. The molecule has 1 fully saturated rings. The summed E-state index contributed by atoms with van der Waals surface area (Å²) in [6.07, 6.45) is 2.61. The molecule has 0 unspecified atom stereocenters. The van der Waals surface area contributed by atoms with Gasteiger partial charge in [-0.05, 0) is 18.6 Å². The monoisotopic (exact) mass is 322 g/mol. The molecule has 8 nitrogen and oxygen atoms in total. The summed E-state index contributed by atoms with van der Waals surface area (Å²) in [6, 6.07) is 7.54. The third-order valence-electron chi connectivity index (χ3n) is 4.65. The maximum atomic E-state index is 12.8. The van der Waals surface area contributed by atoms with Crippen LogP contribution in [-0.4, -0.2) is 37.0 Å². The van der Waals surface area contributed by atoms with Crippen molar-refractivity contribution in [1.29, 1.82) is 0 Å². The largest absolute Gasteiger partial charge is 0.338 e. The highest BCUT2D eigenvalue weighted by Crippen LogP contribution is 2.42. The quantitative estimate of drug-likeness (QED) is 0.762. The minimum absolute atomic E-state index is 0.0257. The van der Waals surface area contributed by atoms with Crippen molar-refractivity contribution < 1.29 is 9.32 Å². The fourth-order valence-corrected chi connectivity index (χ4v) is 3.41. The average Bonchev–Trinajstić information content (AvgIpc) is 3.19.